The van der Waals surface area contributed by atoms with E-state index in [0.717, 1.165) is 19.4 Å². The highest BCUT2D eigenvalue weighted by molar-refractivity contribution is 5.75. The van der Waals surface area contributed by atoms with Crippen molar-refractivity contribution in [1.29, 1.82) is 0 Å². The first kappa shape index (κ1) is 17.7. The third kappa shape index (κ3) is 7.83. The first-order chi connectivity index (χ1) is 9.92. The van der Waals surface area contributed by atoms with E-state index in [1.54, 1.807) is 0 Å². The van der Waals surface area contributed by atoms with Gasteiger partial charge >= 0.3 is 5.97 Å². The largest absolute Gasteiger partial charge is 0.468 e. The summed E-state index contributed by atoms with van der Waals surface area (Å²) in [7, 11) is 1.40. The molecule has 0 aliphatic rings. The standard InChI is InChI=1S/C17H27NO3/c1-17(2,3)21-13-15(16(19)20-4)18-12-8-11-14-9-6-5-7-10-14/h5-7,9-10,15,18H,8,11-13H2,1-4H3. The number of hydrogen-bond acceptors (Lipinski definition) is 4. The van der Waals surface area contributed by atoms with E-state index in [1.165, 1.54) is 12.7 Å². The van der Waals surface area contributed by atoms with Gasteiger partial charge < -0.3 is 14.8 Å². The number of esters is 1. The maximum absolute atomic E-state index is 11.7. The fraction of sp³-hybridized carbons (Fsp3) is 0.588. The zero-order valence-electron chi connectivity index (χ0n) is 13.5. The third-order valence-electron chi connectivity index (χ3n) is 3.04. The van der Waals surface area contributed by atoms with Crippen molar-refractivity contribution in [3.05, 3.63) is 35.9 Å². The summed E-state index contributed by atoms with van der Waals surface area (Å²) in [5, 5.41) is 3.21. The SMILES string of the molecule is COC(=O)C(COC(C)(C)C)NCCCc1ccccc1. The Morgan fingerprint density at radius 1 is 1.24 bits per heavy atom. The van der Waals surface area contributed by atoms with E-state index in [-0.39, 0.29) is 11.6 Å². The van der Waals surface area contributed by atoms with Crippen LogP contribution >= 0.6 is 0 Å². The lowest BCUT2D eigenvalue weighted by molar-refractivity contribution is -0.146. The van der Waals surface area contributed by atoms with Crippen LogP contribution in [-0.2, 0) is 20.7 Å². The van der Waals surface area contributed by atoms with Gasteiger partial charge in [0, 0.05) is 0 Å². The maximum Gasteiger partial charge on any atom is 0.325 e. The van der Waals surface area contributed by atoms with Crippen LogP contribution in [0.2, 0.25) is 0 Å². The van der Waals surface area contributed by atoms with E-state index in [2.05, 4.69) is 17.4 Å². The molecule has 4 heteroatoms. The Hall–Kier alpha value is -1.39. The van der Waals surface area contributed by atoms with Crippen molar-refractivity contribution in [3.8, 4) is 0 Å². The summed E-state index contributed by atoms with van der Waals surface area (Å²) in [5.74, 6) is -0.279. The molecule has 0 aromatic heterocycles. The second kappa shape index (κ2) is 8.80. The molecule has 1 unspecified atom stereocenters. The summed E-state index contributed by atoms with van der Waals surface area (Å²) >= 11 is 0. The van der Waals surface area contributed by atoms with Crippen LogP contribution < -0.4 is 5.32 Å². The highest BCUT2D eigenvalue weighted by Crippen LogP contribution is 2.08. The smallest absolute Gasteiger partial charge is 0.325 e. The van der Waals surface area contributed by atoms with Crippen molar-refractivity contribution >= 4 is 5.97 Å². The average molecular weight is 293 g/mol. The second-order valence-corrected chi connectivity index (χ2v) is 6.04. The number of methoxy groups -OCH3 is 1. The Balaban J connectivity index is 2.34. The summed E-state index contributed by atoms with van der Waals surface area (Å²) in [5.41, 5.74) is 1.04. The Kier molecular flexibility index (Phi) is 7.40. The number of rotatable bonds is 8. The number of benzene rings is 1. The van der Waals surface area contributed by atoms with Gasteiger partial charge in [-0.2, -0.15) is 0 Å². The van der Waals surface area contributed by atoms with Gasteiger partial charge in [-0.25, -0.2) is 0 Å². The average Bonchev–Trinajstić information content (AvgIpc) is 2.45. The van der Waals surface area contributed by atoms with E-state index >= 15 is 0 Å². The molecular formula is C17H27NO3. The zero-order valence-corrected chi connectivity index (χ0v) is 13.5. The maximum atomic E-state index is 11.7. The Bertz CT molecular complexity index is 412. The molecule has 0 radical (unpaired) electrons. The molecule has 0 spiro atoms. The first-order valence-electron chi connectivity index (χ1n) is 7.41. The molecule has 1 N–H and O–H groups in total. The van der Waals surface area contributed by atoms with Crippen LogP contribution in [0.15, 0.2) is 30.3 Å². The summed E-state index contributed by atoms with van der Waals surface area (Å²) in [6, 6.07) is 9.90. The van der Waals surface area contributed by atoms with Gasteiger partial charge in [-0.15, -0.1) is 0 Å². The molecule has 21 heavy (non-hydrogen) atoms. The molecule has 0 aliphatic carbocycles. The van der Waals surface area contributed by atoms with Gasteiger partial charge in [0.05, 0.1) is 19.3 Å². The van der Waals surface area contributed by atoms with Crippen molar-refractivity contribution in [2.75, 3.05) is 20.3 Å². The van der Waals surface area contributed by atoms with Crippen molar-refractivity contribution < 1.29 is 14.3 Å². The minimum atomic E-state index is -0.412. The number of carbonyl (C=O) groups excluding carboxylic acids is 1. The van der Waals surface area contributed by atoms with Crippen molar-refractivity contribution in [3.63, 3.8) is 0 Å². The van der Waals surface area contributed by atoms with E-state index in [0.29, 0.717) is 6.61 Å². The second-order valence-electron chi connectivity index (χ2n) is 6.04. The number of aryl methyl sites for hydroxylation is 1. The fourth-order valence-electron chi connectivity index (χ4n) is 1.90. The topological polar surface area (TPSA) is 47.6 Å². The van der Waals surface area contributed by atoms with Crippen LogP contribution in [0.3, 0.4) is 0 Å². The van der Waals surface area contributed by atoms with Gasteiger partial charge in [0.1, 0.15) is 6.04 Å². The molecule has 0 saturated heterocycles. The normalized spacial score (nSPS) is 13.0. The molecule has 4 nitrogen and oxygen atoms in total. The molecule has 0 saturated carbocycles. The van der Waals surface area contributed by atoms with E-state index in [1.807, 2.05) is 39.0 Å². The van der Waals surface area contributed by atoms with Crippen LogP contribution in [0.5, 0.6) is 0 Å². The third-order valence-corrected chi connectivity index (χ3v) is 3.04. The molecule has 0 fully saturated rings. The fourth-order valence-corrected chi connectivity index (χ4v) is 1.90. The lowest BCUT2D eigenvalue weighted by Crippen LogP contribution is -2.43. The van der Waals surface area contributed by atoms with Gasteiger partial charge in [0.25, 0.3) is 0 Å². The minimum absolute atomic E-state index is 0.266. The van der Waals surface area contributed by atoms with Crippen LogP contribution in [-0.4, -0.2) is 37.9 Å². The van der Waals surface area contributed by atoms with Crippen molar-refractivity contribution in [2.45, 2.75) is 45.3 Å². The first-order valence-corrected chi connectivity index (χ1v) is 7.41. The van der Waals surface area contributed by atoms with Crippen molar-refractivity contribution in [2.24, 2.45) is 0 Å². The lowest BCUT2D eigenvalue weighted by atomic mass is 10.1. The summed E-state index contributed by atoms with van der Waals surface area (Å²) in [4.78, 5) is 11.7. The summed E-state index contributed by atoms with van der Waals surface area (Å²) in [6.07, 6.45) is 1.95. The van der Waals surface area contributed by atoms with Gasteiger partial charge in [-0.3, -0.25) is 4.79 Å². The van der Waals surface area contributed by atoms with Gasteiger partial charge in [0.15, 0.2) is 0 Å². The molecule has 1 rings (SSSR count). The van der Waals surface area contributed by atoms with Crippen LogP contribution in [0.25, 0.3) is 0 Å². The van der Waals surface area contributed by atoms with Gasteiger partial charge in [-0.05, 0) is 45.7 Å². The monoisotopic (exact) mass is 293 g/mol. The van der Waals surface area contributed by atoms with Gasteiger partial charge in [-0.1, -0.05) is 30.3 Å². The molecular weight excluding hydrogens is 266 g/mol. The highest BCUT2D eigenvalue weighted by Gasteiger charge is 2.21. The van der Waals surface area contributed by atoms with Crippen molar-refractivity contribution in [1.82, 2.24) is 5.32 Å². The zero-order chi connectivity index (χ0) is 15.7. The molecule has 0 amide bonds. The van der Waals surface area contributed by atoms with E-state index in [4.69, 9.17) is 9.47 Å². The number of nitrogens with one attached hydrogen (secondary N) is 1. The summed E-state index contributed by atoms with van der Waals surface area (Å²) in [6.45, 7) is 6.98. The molecule has 1 atom stereocenters. The van der Waals surface area contributed by atoms with Crippen LogP contribution in [0.4, 0.5) is 0 Å². The van der Waals surface area contributed by atoms with E-state index in [9.17, 15) is 4.79 Å². The van der Waals surface area contributed by atoms with E-state index < -0.39 is 6.04 Å². The predicted octanol–water partition coefficient (Wildman–Crippen LogP) is 2.57. The Morgan fingerprint density at radius 3 is 2.48 bits per heavy atom. The molecule has 0 aliphatic heterocycles. The highest BCUT2D eigenvalue weighted by atomic mass is 16.5. The molecule has 1 aromatic carbocycles. The number of hydrogen-bond donors (Lipinski definition) is 1. The lowest BCUT2D eigenvalue weighted by Gasteiger charge is -2.23. The predicted molar refractivity (Wildman–Crippen MR) is 84.3 cm³/mol. The number of carbonyl (C=O) groups is 1. The molecule has 118 valence electrons. The molecule has 0 bridgehead atoms. The molecule has 1 aromatic rings. The molecule has 0 heterocycles. The Labute approximate surface area is 127 Å². The number of ether oxygens (including phenoxy) is 2. The van der Waals surface area contributed by atoms with Gasteiger partial charge in [0.2, 0.25) is 0 Å². The quantitative estimate of drug-likeness (QED) is 0.591. The van der Waals surface area contributed by atoms with Crippen LogP contribution in [0.1, 0.15) is 32.8 Å². The van der Waals surface area contributed by atoms with Crippen LogP contribution in [0, 0.1) is 0 Å². The summed E-state index contributed by atoms with van der Waals surface area (Å²) < 4.78 is 10.5. The minimum Gasteiger partial charge on any atom is -0.468 e. The Morgan fingerprint density at radius 2 is 1.90 bits per heavy atom.